The van der Waals surface area contributed by atoms with Crippen LogP contribution in [-0.2, 0) is 4.79 Å². The van der Waals surface area contributed by atoms with Crippen LogP contribution in [0.25, 0.3) is 0 Å². The Kier molecular flexibility index (Phi) is 6.09. The van der Waals surface area contributed by atoms with Crippen LogP contribution in [0.15, 0.2) is 48.5 Å². The Hall–Kier alpha value is -2.41. The van der Waals surface area contributed by atoms with Crippen LogP contribution < -0.4 is 4.74 Å². The normalized spacial score (nSPS) is 22.3. The number of Topliss-reactive ketones (excluding diaryl/α,β-unsaturated/α-hetero) is 1. The summed E-state index contributed by atoms with van der Waals surface area (Å²) in [7, 11) is 1.75. The Morgan fingerprint density at radius 1 is 1.30 bits per heavy atom. The van der Waals surface area contributed by atoms with Gasteiger partial charge in [0.15, 0.2) is 11.9 Å². The van der Waals surface area contributed by atoms with Crippen LogP contribution in [0, 0.1) is 0 Å². The molecule has 2 aliphatic heterocycles. The fraction of sp³-hybridized carbons (Fsp3) is 0.391. The molecule has 3 atom stereocenters. The monoisotopic (exact) mass is 428 g/mol. The number of nitrogens with zero attached hydrogens (tertiary/aromatic N) is 2. The average molecular weight is 429 g/mol. The molecule has 0 bridgehead atoms. The van der Waals surface area contributed by atoms with Crippen molar-refractivity contribution in [2.75, 3.05) is 26.7 Å². The zero-order chi connectivity index (χ0) is 21.3. The summed E-state index contributed by atoms with van der Waals surface area (Å²) in [5.41, 5.74) is 1.42. The number of halogens is 1. The van der Waals surface area contributed by atoms with E-state index in [4.69, 9.17) is 16.3 Å². The molecule has 0 radical (unpaired) electrons. The molecule has 158 valence electrons. The first-order valence-electron chi connectivity index (χ1n) is 10.1. The summed E-state index contributed by atoms with van der Waals surface area (Å²) in [6.45, 7) is 1.99. The number of likely N-dealkylation sites (N-methyl/N-ethyl adjacent to an activating group) is 1. The van der Waals surface area contributed by atoms with Crippen molar-refractivity contribution in [2.24, 2.45) is 0 Å². The Morgan fingerprint density at radius 2 is 2.07 bits per heavy atom. The molecule has 0 saturated carbocycles. The van der Waals surface area contributed by atoms with Gasteiger partial charge in [-0.15, -0.1) is 0 Å². The number of aliphatic hydroxyl groups is 1. The van der Waals surface area contributed by atoms with Gasteiger partial charge in [-0.05, 0) is 30.2 Å². The van der Waals surface area contributed by atoms with Crippen molar-refractivity contribution in [3.63, 3.8) is 0 Å². The number of ether oxygens (including phenoxy) is 1. The molecule has 0 spiro atoms. The lowest BCUT2D eigenvalue weighted by Gasteiger charge is -2.35. The number of hydrogen-bond donors (Lipinski definition) is 1. The molecule has 1 N–H and O–H groups in total. The predicted molar refractivity (Wildman–Crippen MR) is 114 cm³/mol. The van der Waals surface area contributed by atoms with Gasteiger partial charge in [-0.3, -0.25) is 14.5 Å². The fourth-order valence-corrected chi connectivity index (χ4v) is 4.34. The second-order valence-corrected chi connectivity index (χ2v) is 8.39. The van der Waals surface area contributed by atoms with Gasteiger partial charge < -0.3 is 14.7 Å². The van der Waals surface area contributed by atoms with Crippen molar-refractivity contribution in [2.45, 2.75) is 31.1 Å². The maximum absolute atomic E-state index is 13.3. The van der Waals surface area contributed by atoms with Crippen molar-refractivity contribution in [3.05, 3.63) is 64.7 Å². The van der Waals surface area contributed by atoms with Crippen molar-refractivity contribution >= 4 is 23.3 Å². The highest BCUT2D eigenvalue weighted by Gasteiger charge is 2.36. The lowest BCUT2D eigenvalue weighted by atomic mass is 9.98. The zero-order valence-electron chi connectivity index (χ0n) is 16.8. The lowest BCUT2D eigenvalue weighted by Crippen LogP contribution is -2.46. The van der Waals surface area contributed by atoms with E-state index in [2.05, 4.69) is 4.90 Å². The van der Waals surface area contributed by atoms with Gasteiger partial charge in [0.25, 0.3) is 5.91 Å². The number of fused-ring (bicyclic) bond motifs is 1. The molecule has 0 unspecified atom stereocenters. The first-order valence-corrected chi connectivity index (χ1v) is 10.5. The molecule has 7 heteroatoms. The molecule has 0 aliphatic carbocycles. The third-order valence-corrected chi connectivity index (χ3v) is 6.07. The number of carbonyl (C=O) groups excluding carboxylic acids is 2. The van der Waals surface area contributed by atoms with E-state index in [1.54, 1.807) is 30.1 Å². The summed E-state index contributed by atoms with van der Waals surface area (Å²) in [4.78, 5) is 29.7. The summed E-state index contributed by atoms with van der Waals surface area (Å²) in [5, 5.41) is 10.3. The van der Waals surface area contributed by atoms with E-state index in [1.807, 2.05) is 30.3 Å². The molecule has 4 rings (SSSR count). The van der Waals surface area contributed by atoms with Crippen LogP contribution in [-0.4, -0.2) is 65.5 Å². The number of ketones is 1. The maximum Gasteiger partial charge on any atom is 0.264 e. The molecular weight excluding hydrogens is 404 g/mol. The first-order chi connectivity index (χ1) is 14.4. The fourth-order valence-electron chi connectivity index (χ4n) is 4.16. The van der Waals surface area contributed by atoms with E-state index in [0.717, 1.165) is 18.5 Å². The van der Waals surface area contributed by atoms with Gasteiger partial charge in [-0.1, -0.05) is 41.9 Å². The van der Waals surface area contributed by atoms with Crippen molar-refractivity contribution in [3.8, 4) is 5.75 Å². The van der Waals surface area contributed by atoms with Crippen LogP contribution in [0.5, 0.6) is 5.75 Å². The topological polar surface area (TPSA) is 70.1 Å². The van der Waals surface area contributed by atoms with Gasteiger partial charge in [0.05, 0.1) is 24.1 Å². The molecule has 6 nitrogen and oxygen atoms in total. The molecule has 0 aromatic heterocycles. The smallest absolute Gasteiger partial charge is 0.264 e. The highest BCUT2D eigenvalue weighted by molar-refractivity contribution is 6.31. The minimum absolute atomic E-state index is 0.0134. The van der Waals surface area contributed by atoms with Crippen molar-refractivity contribution < 1.29 is 19.4 Å². The van der Waals surface area contributed by atoms with Gasteiger partial charge in [0, 0.05) is 31.7 Å². The molecule has 1 saturated heterocycles. The number of rotatable bonds is 5. The molecular formula is C23H25ClN2O4. The van der Waals surface area contributed by atoms with Crippen LogP contribution in [0.3, 0.4) is 0 Å². The minimum Gasteiger partial charge on any atom is -0.479 e. The van der Waals surface area contributed by atoms with Crippen LogP contribution in [0.4, 0.5) is 0 Å². The SMILES string of the molecule is CN(C(=O)[C@H]1CC(=O)c2cc(Cl)ccc2O1)[C@H](CN1CC[C@H](O)C1)c1ccccc1. The standard InChI is InChI=1S/C23H25ClN2O4/c1-25(19(15-5-3-2-4-6-15)14-26-10-9-17(27)13-26)23(29)22-12-20(28)18-11-16(24)7-8-21(18)30-22/h2-8,11,17,19,22,27H,9-10,12-14H2,1H3/t17-,19+,22+/m0/s1. The molecule has 1 amide bonds. The number of hydrogen-bond acceptors (Lipinski definition) is 5. The molecule has 2 heterocycles. The Balaban J connectivity index is 1.55. The summed E-state index contributed by atoms with van der Waals surface area (Å²) >= 11 is 5.99. The minimum atomic E-state index is -0.869. The van der Waals surface area contributed by atoms with Crippen molar-refractivity contribution in [1.82, 2.24) is 9.80 Å². The van der Waals surface area contributed by atoms with Gasteiger partial charge >= 0.3 is 0 Å². The number of likely N-dealkylation sites (tertiary alicyclic amines) is 1. The lowest BCUT2D eigenvalue weighted by molar-refractivity contribution is -0.140. The second kappa shape index (κ2) is 8.76. The molecule has 2 aromatic rings. The van der Waals surface area contributed by atoms with Gasteiger partial charge in [0.2, 0.25) is 0 Å². The Morgan fingerprint density at radius 3 is 2.77 bits per heavy atom. The Bertz CT molecular complexity index is 936. The highest BCUT2D eigenvalue weighted by Crippen LogP contribution is 2.32. The number of amides is 1. The average Bonchev–Trinajstić information content (AvgIpc) is 3.16. The van der Waals surface area contributed by atoms with E-state index < -0.39 is 6.10 Å². The number of β-amino-alcohol motifs (C(OH)–C–C–N with tert-alkyl or cyclic N) is 1. The third kappa shape index (κ3) is 4.36. The molecule has 1 fully saturated rings. The molecule has 2 aliphatic rings. The van der Waals surface area contributed by atoms with Crippen LogP contribution >= 0.6 is 11.6 Å². The number of benzene rings is 2. The summed E-state index contributed by atoms with van der Waals surface area (Å²) in [5.74, 6) is 0.00306. The first kappa shape index (κ1) is 20.8. The highest BCUT2D eigenvalue weighted by atomic mass is 35.5. The largest absolute Gasteiger partial charge is 0.479 e. The molecule has 30 heavy (non-hydrogen) atoms. The van der Waals surface area contributed by atoms with E-state index in [-0.39, 0.29) is 30.3 Å². The van der Waals surface area contributed by atoms with Crippen molar-refractivity contribution in [1.29, 1.82) is 0 Å². The summed E-state index contributed by atoms with van der Waals surface area (Å²) in [6, 6.07) is 14.5. The number of carbonyl (C=O) groups is 2. The Labute approximate surface area is 181 Å². The van der Waals surface area contributed by atoms with Gasteiger partial charge in [-0.2, -0.15) is 0 Å². The third-order valence-electron chi connectivity index (χ3n) is 5.84. The zero-order valence-corrected chi connectivity index (χ0v) is 17.6. The summed E-state index contributed by atoms with van der Waals surface area (Å²) in [6.07, 6.45) is -0.476. The van der Waals surface area contributed by atoms with Crippen LogP contribution in [0.1, 0.15) is 34.8 Å². The van der Waals surface area contributed by atoms with Gasteiger partial charge in [0.1, 0.15) is 5.75 Å². The van der Waals surface area contributed by atoms with E-state index in [1.165, 1.54) is 0 Å². The van der Waals surface area contributed by atoms with Gasteiger partial charge in [-0.25, -0.2) is 0 Å². The maximum atomic E-state index is 13.3. The second-order valence-electron chi connectivity index (χ2n) is 7.95. The van der Waals surface area contributed by atoms with E-state index >= 15 is 0 Å². The molecule has 2 aromatic carbocycles. The summed E-state index contributed by atoms with van der Waals surface area (Å²) < 4.78 is 5.89. The van der Waals surface area contributed by atoms with Crippen LogP contribution in [0.2, 0.25) is 5.02 Å². The quantitative estimate of drug-likeness (QED) is 0.792. The number of aliphatic hydroxyl groups excluding tert-OH is 1. The van der Waals surface area contributed by atoms with E-state index in [0.29, 0.717) is 29.4 Å². The van der Waals surface area contributed by atoms with E-state index in [9.17, 15) is 14.7 Å². The predicted octanol–water partition coefficient (Wildman–Crippen LogP) is 2.94.